The zero-order valence-corrected chi connectivity index (χ0v) is 13.5. The molecule has 0 bridgehead atoms. The fourth-order valence-corrected chi connectivity index (χ4v) is 3.51. The quantitative estimate of drug-likeness (QED) is 0.836. The van der Waals surface area contributed by atoms with Crippen LogP contribution in [0.1, 0.15) is 25.7 Å². The normalized spacial score (nSPS) is 20.0. The highest BCUT2D eigenvalue weighted by atomic mass is 19.1. The molecule has 1 saturated carbocycles. The van der Waals surface area contributed by atoms with Crippen molar-refractivity contribution in [2.75, 3.05) is 39.3 Å². The molecule has 1 amide bonds. The second-order valence-electron chi connectivity index (χ2n) is 6.57. The van der Waals surface area contributed by atoms with E-state index in [1.54, 1.807) is 12.1 Å². The minimum Gasteiger partial charge on any atom is -0.484 e. The molecular formula is C18H25FN2O2. The maximum absolute atomic E-state index is 12.8. The second-order valence-corrected chi connectivity index (χ2v) is 6.57. The molecule has 1 aliphatic carbocycles. The lowest BCUT2D eigenvalue weighted by Crippen LogP contribution is -2.50. The summed E-state index contributed by atoms with van der Waals surface area (Å²) in [5.41, 5.74) is 0. The molecule has 23 heavy (non-hydrogen) atoms. The van der Waals surface area contributed by atoms with Crippen LogP contribution < -0.4 is 4.74 Å². The summed E-state index contributed by atoms with van der Waals surface area (Å²) >= 11 is 0. The number of rotatable bonds is 5. The van der Waals surface area contributed by atoms with Gasteiger partial charge in [-0.25, -0.2) is 4.39 Å². The number of hydrogen-bond donors (Lipinski definition) is 0. The standard InChI is InChI=1S/C18H25FN2O2/c19-16-5-7-17(8-6-16)23-14-18(22)21-11-9-20(10-12-21)13-15-3-1-2-4-15/h5-8,15H,1-4,9-14H2. The Morgan fingerprint density at radius 3 is 2.39 bits per heavy atom. The monoisotopic (exact) mass is 320 g/mol. The number of piperazine rings is 1. The van der Waals surface area contributed by atoms with Gasteiger partial charge in [-0.15, -0.1) is 0 Å². The Bertz CT molecular complexity index is 506. The molecule has 3 rings (SSSR count). The molecule has 1 saturated heterocycles. The van der Waals surface area contributed by atoms with E-state index in [9.17, 15) is 9.18 Å². The molecule has 1 aliphatic heterocycles. The zero-order valence-electron chi connectivity index (χ0n) is 13.5. The molecule has 4 nitrogen and oxygen atoms in total. The Morgan fingerprint density at radius 2 is 1.74 bits per heavy atom. The van der Waals surface area contributed by atoms with Crippen molar-refractivity contribution in [3.63, 3.8) is 0 Å². The predicted octanol–water partition coefficient (Wildman–Crippen LogP) is 2.54. The van der Waals surface area contributed by atoms with Gasteiger partial charge in [0.25, 0.3) is 5.91 Å². The van der Waals surface area contributed by atoms with Crippen LogP contribution in [0, 0.1) is 11.7 Å². The third-order valence-corrected chi connectivity index (χ3v) is 4.89. The van der Waals surface area contributed by atoms with Crippen LogP contribution in [0.25, 0.3) is 0 Å². The van der Waals surface area contributed by atoms with Crippen LogP contribution in [0.4, 0.5) is 4.39 Å². The number of nitrogens with zero attached hydrogens (tertiary/aromatic N) is 2. The van der Waals surface area contributed by atoms with Gasteiger partial charge in [0.05, 0.1) is 0 Å². The van der Waals surface area contributed by atoms with Gasteiger partial charge in [-0.2, -0.15) is 0 Å². The molecule has 0 unspecified atom stereocenters. The van der Waals surface area contributed by atoms with Gasteiger partial charge in [0.15, 0.2) is 6.61 Å². The van der Waals surface area contributed by atoms with Crippen molar-refractivity contribution < 1.29 is 13.9 Å². The highest BCUT2D eigenvalue weighted by molar-refractivity contribution is 5.77. The first-order chi connectivity index (χ1) is 11.2. The van der Waals surface area contributed by atoms with Crippen molar-refractivity contribution in [3.05, 3.63) is 30.1 Å². The average molecular weight is 320 g/mol. The van der Waals surface area contributed by atoms with Crippen LogP contribution in [0.15, 0.2) is 24.3 Å². The van der Waals surface area contributed by atoms with Crippen LogP contribution in [0.2, 0.25) is 0 Å². The molecule has 5 heteroatoms. The number of hydrogen-bond acceptors (Lipinski definition) is 3. The molecular weight excluding hydrogens is 295 g/mol. The highest BCUT2D eigenvalue weighted by Gasteiger charge is 2.24. The zero-order chi connectivity index (χ0) is 16.1. The second kappa shape index (κ2) is 7.77. The number of benzene rings is 1. The van der Waals surface area contributed by atoms with E-state index in [1.807, 2.05) is 4.90 Å². The fraction of sp³-hybridized carbons (Fsp3) is 0.611. The molecule has 0 atom stereocenters. The molecule has 1 aromatic carbocycles. The number of carbonyl (C=O) groups is 1. The molecule has 2 aliphatic rings. The Balaban J connectivity index is 1.38. The van der Waals surface area contributed by atoms with Gasteiger partial charge in [0.1, 0.15) is 11.6 Å². The Labute approximate surface area is 137 Å². The number of halogens is 1. The molecule has 0 spiro atoms. The van der Waals surface area contributed by atoms with Gasteiger partial charge in [-0.05, 0) is 43.0 Å². The van der Waals surface area contributed by atoms with Crippen molar-refractivity contribution >= 4 is 5.91 Å². The lowest BCUT2D eigenvalue weighted by molar-refractivity contribution is -0.135. The molecule has 1 heterocycles. The van der Waals surface area contributed by atoms with Crippen LogP contribution in [-0.4, -0.2) is 55.0 Å². The summed E-state index contributed by atoms with van der Waals surface area (Å²) < 4.78 is 18.3. The first-order valence-electron chi connectivity index (χ1n) is 8.59. The van der Waals surface area contributed by atoms with E-state index >= 15 is 0 Å². The maximum Gasteiger partial charge on any atom is 0.260 e. The van der Waals surface area contributed by atoms with E-state index in [0.29, 0.717) is 5.75 Å². The van der Waals surface area contributed by atoms with Crippen molar-refractivity contribution in [2.45, 2.75) is 25.7 Å². The van der Waals surface area contributed by atoms with E-state index in [1.165, 1.54) is 44.4 Å². The summed E-state index contributed by atoms with van der Waals surface area (Å²) in [7, 11) is 0. The van der Waals surface area contributed by atoms with Gasteiger partial charge in [0.2, 0.25) is 0 Å². The largest absolute Gasteiger partial charge is 0.484 e. The SMILES string of the molecule is O=C(COc1ccc(F)cc1)N1CCN(CC2CCCC2)CC1. The molecule has 0 N–H and O–H groups in total. The van der Waals surface area contributed by atoms with E-state index in [-0.39, 0.29) is 18.3 Å². The van der Waals surface area contributed by atoms with E-state index in [0.717, 1.165) is 32.1 Å². The van der Waals surface area contributed by atoms with E-state index in [2.05, 4.69) is 4.90 Å². The summed E-state index contributed by atoms with van der Waals surface area (Å²) in [6, 6.07) is 5.76. The van der Waals surface area contributed by atoms with Crippen molar-refractivity contribution in [1.82, 2.24) is 9.80 Å². The average Bonchev–Trinajstić information content (AvgIpc) is 3.08. The van der Waals surface area contributed by atoms with Gasteiger partial charge >= 0.3 is 0 Å². The Morgan fingerprint density at radius 1 is 1.09 bits per heavy atom. The summed E-state index contributed by atoms with van der Waals surface area (Å²) in [4.78, 5) is 16.6. The number of carbonyl (C=O) groups excluding carboxylic acids is 1. The summed E-state index contributed by atoms with van der Waals surface area (Å²) in [5, 5.41) is 0. The maximum atomic E-state index is 12.8. The van der Waals surface area contributed by atoms with Crippen molar-refractivity contribution in [3.8, 4) is 5.75 Å². The minimum atomic E-state index is -0.304. The highest BCUT2D eigenvalue weighted by Crippen LogP contribution is 2.25. The molecule has 126 valence electrons. The predicted molar refractivity (Wildman–Crippen MR) is 86.9 cm³/mol. The smallest absolute Gasteiger partial charge is 0.260 e. The third kappa shape index (κ3) is 4.67. The minimum absolute atomic E-state index is 0.00911. The van der Waals surface area contributed by atoms with Gasteiger partial charge in [-0.1, -0.05) is 12.8 Å². The summed E-state index contributed by atoms with van der Waals surface area (Å²) in [5.74, 6) is 1.09. The Hall–Kier alpha value is -1.62. The fourth-order valence-electron chi connectivity index (χ4n) is 3.51. The van der Waals surface area contributed by atoms with Gasteiger partial charge in [0, 0.05) is 32.7 Å². The lowest BCUT2D eigenvalue weighted by atomic mass is 10.1. The third-order valence-electron chi connectivity index (χ3n) is 4.89. The molecule has 0 aromatic heterocycles. The Kier molecular flexibility index (Phi) is 5.49. The number of amides is 1. The van der Waals surface area contributed by atoms with Crippen molar-refractivity contribution in [1.29, 1.82) is 0 Å². The van der Waals surface area contributed by atoms with E-state index in [4.69, 9.17) is 4.74 Å². The van der Waals surface area contributed by atoms with Crippen LogP contribution in [-0.2, 0) is 4.79 Å². The first-order valence-corrected chi connectivity index (χ1v) is 8.59. The summed E-state index contributed by atoms with van der Waals surface area (Å²) in [6.07, 6.45) is 5.49. The number of ether oxygens (including phenoxy) is 1. The van der Waals surface area contributed by atoms with Crippen molar-refractivity contribution in [2.24, 2.45) is 5.92 Å². The van der Waals surface area contributed by atoms with E-state index < -0.39 is 0 Å². The molecule has 1 aromatic rings. The van der Waals surface area contributed by atoms with Crippen LogP contribution in [0.5, 0.6) is 5.75 Å². The van der Waals surface area contributed by atoms with Crippen LogP contribution >= 0.6 is 0 Å². The lowest BCUT2D eigenvalue weighted by Gasteiger charge is -2.35. The topological polar surface area (TPSA) is 32.8 Å². The first kappa shape index (κ1) is 16.2. The van der Waals surface area contributed by atoms with Crippen LogP contribution in [0.3, 0.4) is 0 Å². The van der Waals surface area contributed by atoms with Gasteiger partial charge < -0.3 is 9.64 Å². The molecule has 0 radical (unpaired) electrons. The van der Waals surface area contributed by atoms with Gasteiger partial charge in [-0.3, -0.25) is 9.69 Å². The summed E-state index contributed by atoms with van der Waals surface area (Å²) in [6.45, 7) is 4.68. The molecule has 2 fully saturated rings.